The van der Waals surface area contributed by atoms with Crippen molar-refractivity contribution in [3.63, 3.8) is 0 Å². The molecule has 0 aromatic rings. The molecule has 2 unspecified atom stereocenters. The van der Waals surface area contributed by atoms with Crippen molar-refractivity contribution >= 4 is 5.91 Å². The summed E-state index contributed by atoms with van der Waals surface area (Å²) in [5.41, 5.74) is 5.44. The second kappa shape index (κ2) is 1.29. The lowest BCUT2D eigenvalue weighted by molar-refractivity contribution is -0.124. The number of carbonyl (C=O) groups is 1. The zero-order valence-corrected chi connectivity index (χ0v) is 5.18. The molecule has 1 heterocycles. The fourth-order valence-corrected chi connectivity index (χ4v) is 1.76. The van der Waals surface area contributed by atoms with Gasteiger partial charge in [-0.3, -0.25) is 4.79 Å². The van der Waals surface area contributed by atoms with Crippen LogP contribution >= 0.6 is 0 Å². The lowest BCUT2D eigenvalue weighted by Gasteiger charge is -2.21. The SMILES string of the molecule is NC12CCC(C1)C(=O)N2. The van der Waals surface area contributed by atoms with Crippen LogP contribution in [-0.4, -0.2) is 11.6 Å². The number of hydrogen-bond donors (Lipinski definition) is 2. The van der Waals surface area contributed by atoms with E-state index in [4.69, 9.17) is 5.73 Å². The lowest BCUT2D eigenvalue weighted by Crippen LogP contribution is -2.50. The van der Waals surface area contributed by atoms with Gasteiger partial charge >= 0.3 is 0 Å². The summed E-state index contributed by atoms with van der Waals surface area (Å²) < 4.78 is 0. The Hall–Kier alpha value is -0.570. The Balaban J connectivity index is 2.28. The molecule has 1 amide bonds. The molecule has 2 rings (SSSR count). The van der Waals surface area contributed by atoms with E-state index in [1.54, 1.807) is 0 Å². The van der Waals surface area contributed by atoms with Crippen LogP contribution in [0.1, 0.15) is 19.3 Å². The maximum atomic E-state index is 10.8. The highest BCUT2D eigenvalue weighted by atomic mass is 16.2. The summed E-state index contributed by atoms with van der Waals surface area (Å²) in [5.74, 6) is 0.388. The normalized spacial score (nSPS) is 47.7. The van der Waals surface area contributed by atoms with Gasteiger partial charge in [0.05, 0.1) is 5.66 Å². The van der Waals surface area contributed by atoms with Gasteiger partial charge in [0.1, 0.15) is 0 Å². The summed E-state index contributed by atoms with van der Waals surface area (Å²) >= 11 is 0. The van der Waals surface area contributed by atoms with Gasteiger partial charge < -0.3 is 11.1 Å². The van der Waals surface area contributed by atoms with E-state index in [0.717, 1.165) is 19.3 Å². The molecule has 1 saturated heterocycles. The average molecular weight is 126 g/mol. The maximum absolute atomic E-state index is 10.8. The number of fused-ring (bicyclic) bond motifs is 2. The Morgan fingerprint density at radius 1 is 1.78 bits per heavy atom. The molecule has 3 N–H and O–H groups in total. The topological polar surface area (TPSA) is 55.1 Å². The van der Waals surface area contributed by atoms with Gasteiger partial charge in [0, 0.05) is 5.92 Å². The Morgan fingerprint density at radius 2 is 2.56 bits per heavy atom. The largest absolute Gasteiger partial charge is 0.338 e. The number of piperidine rings is 1. The molecule has 0 aromatic heterocycles. The predicted octanol–water partition coefficient (Wildman–Crippen LogP) is -0.429. The highest BCUT2D eigenvalue weighted by molar-refractivity contribution is 5.83. The van der Waals surface area contributed by atoms with Crippen molar-refractivity contribution in [2.45, 2.75) is 24.9 Å². The van der Waals surface area contributed by atoms with Crippen LogP contribution < -0.4 is 11.1 Å². The van der Waals surface area contributed by atoms with Crippen LogP contribution in [0.15, 0.2) is 0 Å². The van der Waals surface area contributed by atoms with Gasteiger partial charge in [-0.05, 0) is 19.3 Å². The van der Waals surface area contributed by atoms with Crippen LogP contribution in [0, 0.1) is 5.92 Å². The number of nitrogens with two attached hydrogens (primary N) is 1. The number of carbonyl (C=O) groups excluding carboxylic acids is 1. The molecule has 2 bridgehead atoms. The van der Waals surface area contributed by atoms with Crippen LogP contribution in [0.25, 0.3) is 0 Å². The Kier molecular flexibility index (Phi) is 0.750. The van der Waals surface area contributed by atoms with E-state index in [1.165, 1.54) is 0 Å². The average Bonchev–Trinajstić information content (AvgIpc) is 2.20. The van der Waals surface area contributed by atoms with Crippen molar-refractivity contribution in [2.75, 3.05) is 0 Å². The molecule has 2 atom stereocenters. The number of hydrogen-bond acceptors (Lipinski definition) is 2. The summed E-state index contributed by atoms with van der Waals surface area (Å²) in [7, 11) is 0. The fourth-order valence-electron chi connectivity index (χ4n) is 1.76. The zero-order valence-electron chi connectivity index (χ0n) is 5.18. The summed E-state index contributed by atoms with van der Waals surface area (Å²) in [5, 5.41) is 2.77. The van der Waals surface area contributed by atoms with E-state index in [9.17, 15) is 4.79 Å². The van der Waals surface area contributed by atoms with Crippen molar-refractivity contribution in [3.8, 4) is 0 Å². The third kappa shape index (κ3) is 0.580. The van der Waals surface area contributed by atoms with Crippen molar-refractivity contribution in [2.24, 2.45) is 11.7 Å². The Bertz CT molecular complexity index is 168. The van der Waals surface area contributed by atoms with E-state index in [2.05, 4.69) is 5.32 Å². The van der Waals surface area contributed by atoms with Crippen LogP contribution in [0.4, 0.5) is 0 Å². The van der Waals surface area contributed by atoms with E-state index in [-0.39, 0.29) is 17.5 Å². The zero-order chi connectivity index (χ0) is 6.48. The molecule has 3 heteroatoms. The second-order valence-corrected chi connectivity index (χ2v) is 3.09. The first-order chi connectivity index (χ1) is 4.20. The van der Waals surface area contributed by atoms with Gasteiger partial charge in [0.25, 0.3) is 0 Å². The maximum Gasteiger partial charge on any atom is 0.224 e. The first-order valence-electron chi connectivity index (χ1n) is 3.31. The molecule has 2 fully saturated rings. The Morgan fingerprint density at radius 3 is 2.78 bits per heavy atom. The third-order valence-corrected chi connectivity index (χ3v) is 2.29. The van der Waals surface area contributed by atoms with Gasteiger partial charge in [-0.2, -0.15) is 0 Å². The summed E-state index contributed by atoms with van der Waals surface area (Å²) in [6, 6.07) is 0. The summed E-state index contributed by atoms with van der Waals surface area (Å²) in [6.07, 6.45) is 2.80. The standard InChI is InChI=1S/C6H10N2O/c7-6-2-1-4(3-6)5(9)8-6/h4H,1-3,7H2,(H,8,9). The summed E-state index contributed by atoms with van der Waals surface area (Å²) in [4.78, 5) is 10.8. The van der Waals surface area contributed by atoms with E-state index in [0.29, 0.717) is 0 Å². The fraction of sp³-hybridized carbons (Fsp3) is 0.833. The number of nitrogens with one attached hydrogen (secondary N) is 1. The minimum absolute atomic E-state index is 0.156. The molecule has 50 valence electrons. The number of amides is 1. The van der Waals surface area contributed by atoms with E-state index < -0.39 is 0 Å². The molecule has 0 aromatic carbocycles. The molecule has 0 spiro atoms. The monoisotopic (exact) mass is 126 g/mol. The van der Waals surface area contributed by atoms with E-state index in [1.807, 2.05) is 0 Å². The van der Waals surface area contributed by atoms with Gasteiger partial charge in [-0.15, -0.1) is 0 Å². The summed E-state index contributed by atoms with van der Waals surface area (Å²) in [6.45, 7) is 0. The first-order valence-corrected chi connectivity index (χ1v) is 3.31. The molecule has 3 nitrogen and oxygen atoms in total. The second-order valence-electron chi connectivity index (χ2n) is 3.09. The van der Waals surface area contributed by atoms with Crippen LogP contribution in [-0.2, 0) is 4.79 Å². The third-order valence-electron chi connectivity index (χ3n) is 2.29. The molecule has 1 aliphatic heterocycles. The van der Waals surface area contributed by atoms with Crippen LogP contribution in [0.3, 0.4) is 0 Å². The minimum atomic E-state index is -0.318. The van der Waals surface area contributed by atoms with Crippen molar-refractivity contribution < 1.29 is 4.79 Å². The first kappa shape index (κ1) is 5.23. The van der Waals surface area contributed by atoms with Crippen molar-refractivity contribution in [1.82, 2.24) is 5.32 Å². The molecular formula is C6H10N2O. The Labute approximate surface area is 53.6 Å². The van der Waals surface area contributed by atoms with Gasteiger partial charge in [0.2, 0.25) is 5.91 Å². The highest BCUT2D eigenvalue weighted by Crippen LogP contribution is 2.36. The quantitative estimate of drug-likeness (QED) is 0.463. The molecule has 1 aliphatic carbocycles. The predicted molar refractivity (Wildman–Crippen MR) is 32.4 cm³/mol. The number of rotatable bonds is 0. The van der Waals surface area contributed by atoms with Crippen LogP contribution in [0.2, 0.25) is 0 Å². The molecule has 0 radical (unpaired) electrons. The lowest BCUT2D eigenvalue weighted by atomic mass is 10.1. The van der Waals surface area contributed by atoms with Crippen molar-refractivity contribution in [3.05, 3.63) is 0 Å². The smallest absolute Gasteiger partial charge is 0.224 e. The highest BCUT2D eigenvalue weighted by Gasteiger charge is 2.47. The van der Waals surface area contributed by atoms with E-state index >= 15 is 0 Å². The van der Waals surface area contributed by atoms with Crippen molar-refractivity contribution in [1.29, 1.82) is 0 Å². The molecule has 1 saturated carbocycles. The van der Waals surface area contributed by atoms with Gasteiger partial charge in [0.15, 0.2) is 0 Å². The molecule has 2 aliphatic rings. The van der Waals surface area contributed by atoms with Gasteiger partial charge in [-0.25, -0.2) is 0 Å². The van der Waals surface area contributed by atoms with Crippen LogP contribution in [0.5, 0.6) is 0 Å². The molecular weight excluding hydrogens is 116 g/mol. The minimum Gasteiger partial charge on any atom is -0.338 e. The van der Waals surface area contributed by atoms with Gasteiger partial charge in [-0.1, -0.05) is 0 Å². The molecule has 9 heavy (non-hydrogen) atoms.